The molecular formula is C19H23N3OS. The molecule has 0 radical (unpaired) electrons. The largest absolute Gasteiger partial charge is 0.394 e. The summed E-state index contributed by atoms with van der Waals surface area (Å²) in [6, 6.07) is 8.58. The van der Waals surface area contributed by atoms with Gasteiger partial charge in [-0.2, -0.15) is 0 Å². The highest BCUT2D eigenvalue weighted by Crippen LogP contribution is 2.41. The zero-order valence-electron chi connectivity index (χ0n) is 14.6. The molecule has 0 aliphatic carbocycles. The minimum atomic E-state index is -0.444. The van der Waals surface area contributed by atoms with Crippen molar-refractivity contribution < 1.29 is 5.11 Å². The quantitative estimate of drug-likeness (QED) is 0.721. The monoisotopic (exact) mass is 341 g/mol. The van der Waals surface area contributed by atoms with E-state index in [1.807, 2.05) is 13.8 Å². The first-order valence-electron chi connectivity index (χ1n) is 8.17. The molecule has 4 nitrogen and oxygen atoms in total. The van der Waals surface area contributed by atoms with Crippen LogP contribution in [0.15, 0.2) is 30.6 Å². The van der Waals surface area contributed by atoms with Crippen LogP contribution in [0.1, 0.15) is 31.2 Å². The lowest BCUT2D eigenvalue weighted by Gasteiger charge is -2.24. The van der Waals surface area contributed by atoms with E-state index in [-0.39, 0.29) is 6.61 Å². The lowest BCUT2D eigenvalue weighted by atomic mass is 10.00. The fourth-order valence-electron chi connectivity index (χ4n) is 2.71. The Morgan fingerprint density at radius 1 is 1.17 bits per heavy atom. The molecule has 0 amide bonds. The molecule has 0 bridgehead atoms. The molecule has 2 N–H and O–H groups in total. The van der Waals surface area contributed by atoms with Gasteiger partial charge in [-0.1, -0.05) is 36.8 Å². The van der Waals surface area contributed by atoms with Gasteiger partial charge in [0.15, 0.2) is 0 Å². The number of aliphatic hydroxyl groups is 1. The number of anilines is 1. The number of aromatic nitrogens is 2. The maximum Gasteiger partial charge on any atom is 0.139 e. The van der Waals surface area contributed by atoms with E-state index < -0.39 is 5.54 Å². The van der Waals surface area contributed by atoms with Crippen molar-refractivity contribution >= 4 is 27.4 Å². The maximum atomic E-state index is 9.59. The van der Waals surface area contributed by atoms with Crippen molar-refractivity contribution in [2.45, 2.75) is 39.7 Å². The molecule has 0 spiro atoms. The zero-order chi connectivity index (χ0) is 17.3. The molecule has 0 fully saturated rings. The minimum Gasteiger partial charge on any atom is -0.394 e. The van der Waals surface area contributed by atoms with Gasteiger partial charge in [-0.25, -0.2) is 9.97 Å². The van der Waals surface area contributed by atoms with Crippen molar-refractivity contribution in [2.75, 3.05) is 11.9 Å². The molecular weight excluding hydrogens is 318 g/mol. The van der Waals surface area contributed by atoms with Gasteiger partial charge in [0.1, 0.15) is 17.0 Å². The second kappa shape index (κ2) is 6.49. The van der Waals surface area contributed by atoms with Gasteiger partial charge in [0.05, 0.1) is 17.5 Å². The third kappa shape index (κ3) is 3.14. The Hall–Kier alpha value is -1.98. The van der Waals surface area contributed by atoms with Crippen LogP contribution in [-0.2, 0) is 6.42 Å². The Labute approximate surface area is 146 Å². The van der Waals surface area contributed by atoms with Crippen LogP contribution >= 0.6 is 11.3 Å². The van der Waals surface area contributed by atoms with E-state index in [9.17, 15) is 5.11 Å². The van der Waals surface area contributed by atoms with Gasteiger partial charge in [0.25, 0.3) is 0 Å². The van der Waals surface area contributed by atoms with Gasteiger partial charge < -0.3 is 10.4 Å². The number of aliphatic hydroxyl groups excluding tert-OH is 1. The van der Waals surface area contributed by atoms with E-state index >= 15 is 0 Å². The highest BCUT2D eigenvalue weighted by atomic mass is 32.1. The molecule has 0 saturated carbocycles. The zero-order valence-corrected chi connectivity index (χ0v) is 15.4. The SMILES string of the molecule is CCc1sc2ncnc(NC(C)(C)CO)c2c1-c1ccc(C)cc1. The van der Waals surface area contributed by atoms with Crippen molar-refractivity contribution in [1.29, 1.82) is 0 Å². The van der Waals surface area contributed by atoms with Crippen LogP contribution in [0.2, 0.25) is 0 Å². The Balaban J connectivity index is 2.24. The summed E-state index contributed by atoms with van der Waals surface area (Å²) in [6.07, 6.45) is 2.54. The molecule has 0 aliphatic rings. The Morgan fingerprint density at radius 2 is 1.88 bits per heavy atom. The predicted molar refractivity (Wildman–Crippen MR) is 102 cm³/mol. The van der Waals surface area contributed by atoms with Gasteiger partial charge in [-0.05, 0) is 32.8 Å². The summed E-state index contributed by atoms with van der Waals surface area (Å²) in [7, 11) is 0. The number of nitrogens with one attached hydrogen (secondary N) is 1. The van der Waals surface area contributed by atoms with Crippen LogP contribution < -0.4 is 5.32 Å². The fraction of sp³-hybridized carbons (Fsp3) is 0.368. The van der Waals surface area contributed by atoms with E-state index in [1.54, 1.807) is 17.7 Å². The lowest BCUT2D eigenvalue weighted by Crippen LogP contribution is -2.35. The first kappa shape index (κ1) is 16.9. The third-order valence-corrected chi connectivity index (χ3v) is 5.32. The van der Waals surface area contributed by atoms with Crippen molar-refractivity contribution in [3.05, 3.63) is 41.0 Å². The molecule has 0 atom stereocenters. The molecule has 0 aliphatic heterocycles. The Kier molecular flexibility index (Phi) is 4.56. The first-order chi connectivity index (χ1) is 11.4. The number of fused-ring (bicyclic) bond motifs is 1. The van der Waals surface area contributed by atoms with E-state index in [1.165, 1.54) is 21.6 Å². The average molecular weight is 341 g/mol. The summed E-state index contributed by atoms with van der Waals surface area (Å²) in [5.74, 6) is 0.783. The van der Waals surface area contributed by atoms with Crippen molar-refractivity contribution in [3.63, 3.8) is 0 Å². The lowest BCUT2D eigenvalue weighted by molar-refractivity contribution is 0.234. The predicted octanol–water partition coefficient (Wildman–Crippen LogP) is 4.41. The van der Waals surface area contributed by atoms with Gasteiger partial charge in [-0.15, -0.1) is 11.3 Å². The summed E-state index contributed by atoms with van der Waals surface area (Å²) in [4.78, 5) is 11.2. The van der Waals surface area contributed by atoms with Crippen molar-refractivity contribution in [3.8, 4) is 11.1 Å². The molecule has 3 rings (SSSR count). The van der Waals surface area contributed by atoms with E-state index in [2.05, 4.69) is 53.4 Å². The molecule has 5 heteroatoms. The normalized spacial score (nSPS) is 11.9. The summed E-state index contributed by atoms with van der Waals surface area (Å²) in [5, 5.41) is 14.0. The highest BCUT2D eigenvalue weighted by molar-refractivity contribution is 7.19. The van der Waals surface area contributed by atoms with Crippen molar-refractivity contribution in [2.24, 2.45) is 0 Å². The average Bonchev–Trinajstić information content (AvgIpc) is 2.95. The van der Waals surface area contributed by atoms with E-state index in [4.69, 9.17) is 0 Å². The van der Waals surface area contributed by atoms with E-state index in [0.717, 1.165) is 22.5 Å². The van der Waals surface area contributed by atoms with Crippen LogP contribution in [0.4, 0.5) is 5.82 Å². The van der Waals surface area contributed by atoms with Crippen molar-refractivity contribution in [1.82, 2.24) is 9.97 Å². The summed E-state index contributed by atoms with van der Waals surface area (Å²) < 4.78 is 0. The number of hydrogen-bond donors (Lipinski definition) is 2. The molecule has 2 heterocycles. The van der Waals surface area contributed by atoms with Gasteiger partial charge in [0.2, 0.25) is 0 Å². The minimum absolute atomic E-state index is 0.0309. The molecule has 126 valence electrons. The molecule has 3 aromatic rings. The summed E-state index contributed by atoms with van der Waals surface area (Å²) in [6.45, 7) is 8.21. The second-order valence-electron chi connectivity index (χ2n) is 6.69. The highest BCUT2D eigenvalue weighted by Gasteiger charge is 2.22. The summed E-state index contributed by atoms with van der Waals surface area (Å²) >= 11 is 1.72. The summed E-state index contributed by atoms with van der Waals surface area (Å²) in [5.41, 5.74) is 3.19. The van der Waals surface area contributed by atoms with E-state index in [0.29, 0.717) is 0 Å². The Bertz CT molecular complexity index is 853. The van der Waals surface area contributed by atoms with Crippen LogP contribution in [0.25, 0.3) is 21.3 Å². The third-order valence-electron chi connectivity index (χ3n) is 4.07. The number of rotatable bonds is 5. The van der Waals surface area contributed by atoms with Crippen LogP contribution in [-0.4, -0.2) is 27.2 Å². The number of hydrogen-bond acceptors (Lipinski definition) is 5. The first-order valence-corrected chi connectivity index (χ1v) is 8.99. The standard InChI is InChI=1S/C19H23N3OS/c1-5-14-15(13-8-6-12(2)7-9-13)16-17(22-19(3,4)10-23)20-11-21-18(16)24-14/h6-9,11,23H,5,10H2,1-4H3,(H,20,21,22). The maximum absolute atomic E-state index is 9.59. The van der Waals surface area contributed by atoms with Crippen LogP contribution in [0, 0.1) is 6.92 Å². The molecule has 24 heavy (non-hydrogen) atoms. The number of thiophene rings is 1. The molecule has 0 unspecified atom stereocenters. The number of benzene rings is 1. The van der Waals surface area contributed by atoms with Gasteiger partial charge in [-0.3, -0.25) is 0 Å². The van der Waals surface area contributed by atoms with Gasteiger partial charge in [0, 0.05) is 10.4 Å². The number of nitrogens with zero attached hydrogens (tertiary/aromatic N) is 2. The second-order valence-corrected chi connectivity index (χ2v) is 7.77. The molecule has 0 saturated heterocycles. The van der Waals surface area contributed by atoms with Crippen LogP contribution in [0.3, 0.4) is 0 Å². The number of aryl methyl sites for hydroxylation is 2. The molecule has 2 aromatic heterocycles. The Morgan fingerprint density at radius 3 is 2.50 bits per heavy atom. The fourth-order valence-corrected chi connectivity index (χ4v) is 3.81. The smallest absolute Gasteiger partial charge is 0.139 e. The molecule has 1 aromatic carbocycles. The topological polar surface area (TPSA) is 58.0 Å². The van der Waals surface area contributed by atoms with Gasteiger partial charge >= 0.3 is 0 Å². The van der Waals surface area contributed by atoms with Crippen LogP contribution in [0.5, 0.6) is 0 Å².